The van der Waals surface area contributed by atoms with Crippen LogP contribution in [-0.2, 0) is 4.74 Å². The normalized spacial score (nSPS) is 28.8. The molecule has 1 heterocycles. The third-order valence-electron chi connectivity index (χ3n) is 2.62. The van der Waals surface area contributed by atoms with Gasteiger partial charge in [0.1, 0.15) is 0 Å². The second-order valence-corrected chi connectivity index (χ2v) is 4.09. The van der Waals surface area contributed by atoms with Crippen LogP contribution in [0.1, 0.15) is 26.7 Å². The van der Waals surface area contributed by atoms with Crippen molar-refractivity contribution >= 4 is 0 Å². The van der Waals surface area contributed by atoms with Gasteiger partial charge in [-0.15, -0.1) is 6.58 Å². The highest BCUT2D eigenvalue weighted by Crippen LogP contribution is 2.15. The first-order valence-corrected chi connectivity index (χ1v) is 5.17. The van der Waals surface area contributed by atoms with E-state index < -0.39 is 0 Å². The summed E-state index contributed by atoms with van der Waals surface area (Å²) < 4.78 is 5.78. The van der Waals surface area contributed by atoms with Crippen LogP contribution in [0.5, 0.6) is 0 Å². The Labute approximate surface area is 81.4 Å². The first-order valence-electron chi connectivity index (χ1n) is 5.17. The zero-order valence-corrected chi connectivity index (χ0v) is 8.81. The van der Waals surface area contributed by atoms with Gasteiger partial charge in [-0.05, 0) is 32.2 Å². The molecule has 0 bridgehead atoms. The Morgan fingerprint density at radius 2 is 2.38 bits per heavy atom. The largest absolute Gasteiger partial charge is 0.376 e. The molecule has 0 radical (unpaired) electrons. The number of piperidine rings is 1. The summed E-state index contributed by atoms with van der Waals surface area (Å²) in [5, 5.41) is 3.36. The summed E-state index contributed by atoms with van der Waals surface area (Å²) in [7, 11) is 0. The zero-order valence-electron chi connectivity index (χ0n) is 8.81. The molecule has 1 saturated heterocycles. The average Bonchev–Trinajstić information content (AvgIpc) is 2.08. The molecule has 2 heteroatoms. The Balaban J connectivity index is 2.15. The smallest absolute Gasteiger partial charge is 0.0725 e. The van der Waals surface area contributed by atoms with Crippen molar-refractivity contribution in [1.82, 2.24) is 5.32 Å². The second kappa shape index (κ2) is 5.40. The summed E-state index contributed by atoms with van der Waals surface area (Å²) in [6.45, 7) is 11.2. The first kappa shape index (κ1) is 10.7. The van der Waals surface area contributed by atoms with Crippen molar-refractivity contribution in [2.75, 3.05) is 19.7 Å². The van der Waals surface area contributed by atoms with Crippen molar-refractivity contribution < 1.29 is 4.74 Å². The molecule has 1 aliphatic heterocycles. The molecule has 1 rings (SSSR count). The third kappa shape index (κ3) is 3.92. The topological polar surface area (TPSA) is 21.3 Å². The van der Waals surface area contributed by atoms with Crippen LogP contribution in [0.4, 0.5) is 0 Å². The van der Waals surface area contributed by atoms with Crippen LogP contribution in [0.15, 0.2) is 12.2 Å². The van der Waals surface area contributed by atoms with Crippen molar-refractivity contribution in [2.45, 2.75) is 32.8 Å². The Hall–Kier alpha value is -0.340. The number of rotatable bonds is 4. The lowest BCUT2D eigenvalue weighted by Crippen LogP contribution is -2.41. The molecule has 0 aliphatic carbocycles. The van der Waals surface area contributed by atoms with Gasteiger partial charge in [-0.25, -0.2) is 0 Å². The lowest BCUT2D eigenvalue weighted by Gasteiger charge is -2.29. The van der Waals surface area contributed by atoms with Gasteiger partial charge < -0.3 is 10.1 Å². The molecule has 0 aromatic rings. The minimum atomic E-state index is 0.410. The zero-order chi connectivity index (χ0) is 9.68. The van der Waals surface area contributed by atoms with Crippen LogP contribution in [0.2, 0.25) is 0 Å². The van der Waals surface area contributed by atoms with Gasteiger partial charge in [0.25, 0.3) is 0 Å². The highest BCUT2D eigenvalue weighted by molar-refractivity contribution is 4.87. The van der Waals surface area contributed by atoms with E-state index in [2.05, 4.69) is 18.8 Å². The fraction of sp³-hybridized carbons (Fsp3) is 0.818. The molecule has 2 unspecified atom stereocenters. The number of hydrogen-bond donors (Lipinski definition) is 1. The average molecular weight is 183 g/mol. The maximum atomic E-state index is 5.78. The van der Waals surface area contributed by atoms with Crippen LogP contribution in [0.3, 0.4) is 0 Å². The molecule has 13 heavy (non-hydrogen) atoms. The van der Waals surface area contributed by atoms with Crippen LogP contribution >= 0.6 is 0 Å². The van der Waals surface area contributed by atoms with Crippen molar-refractivity contribution in [1.29, 1.82) is 0 Å². The van der Waals surface area contributed by atoms with Gasteiger partial charge in [0.05, 0.1) is 12.7 Å². The quantitative estimate of drug-likeness (QED) is 0.673. The van der Waals surface area contributed by atoms with Crippen LogP contribution in [0, 0.1) is 5.92 Å². The van der Waals surface area contributed by atoms with Gasteiger partial charge in [0, 0.05) is 6.54 Å². The maximum Gasteiger partial charge on any atom is 0.0725 e. The predicted octanol–water partition coefficient (Wildman–Crippen LogP) is 1.97. The highest BCUT2D eigenvalue weighted by atomic mass is 16.5. The standard InChI is InChI=1S/C11H21NO/c1-9(2)5-7-13-11-8-12-6-4-10(11)3/h10-12H,1,4-8H2,2-3H3. The molecule has 2 atom stereocenters. The van der Waals surface area contributed by atoms with Crippen molar-refractivity contribution in [3.63, 3.8) is 0 Å². The van der Waals surface area contributed by atoms with Gasteiger partial charge in [-0.1, -0.05) is 12.5 Å². The highest BCUT2D eigenvalue weighted by Gasteiger charge is 2.20. The van der Waals surface area contributed by atoms with Gasteiger partial charge in [-0.3, -0.25) is 0 Å². The molecule has 1 aliphatic rings. The monoisotopic (exact) mass is 183 g/mol. The molecule has 0 spiro atoms. The first-order chi connectivity index (χ1) is 6.20. The molecular formula is C11H21NO. The Kier molecular flexibility index (Phi) is 4.46. The predicted molar refractivity (Wildman–Crippen MR) is 55.8 cm³/mol. The molecule has 0 aromatic carbocycles. The Bertz CT molecular complexity index is 167. The minimum absolute atomic E-state index is 0.410. The number of hydrogen-bond acceptors (Lipinski definition) is 2. The summed E-state index contributed by atoms with van der Waals surface area (Å²) >= 11 is 0. The third-order valence-corrected chi connectivity index (χ3v) is 2.62. The maximum absolute atomic E-state index is 5.78. The van der Waals surface area contributed by atoms with E-state index in [1.807, 2.05) is 6.92 Å². The van der Waals surface area contributed by atoms with E-state index >= 15 is 0 Å². The molecule has 1 fully saturated rings. The van der Waals surface area contributed by atoms with Crippen LogP contribution in [0.25, 0.3) is 0 Å². The number of ether oxygens (including phenoxy) is 1. The van der Waals surface area contributed by atoms with Crippen molar-refractivity contribution in [3.8, 4) is 0 Å². The lowest BCUT2D eigenvalue weighted by molar-refractivity contribution is 0.00582. The molecule has 76 valence electrons. The minimum Gasteiger partial charge on any atom is -0.376 e. The van der Waals surface area contributed by atoms with Gasteiger partial charge in [-0.2, -0.15) is 0 Å². The van der Waals surface area contributed by atoms with E-state index in [1.54, 1.807) is 0 Å². The summed E-state index contributed by atoms with van der Waals surface area (Å²) in [4.78, 5) is 0. The molecule has 0 aromatic heterocycles. The fourth-order valence-corrected chi connectivity index (χ4v) is 1.57. The molecule has 0 amide bonds. The summed E-state index contributed by atoms with van der Waals surface area (Å²) in [6.07, 6.45) is 2.63. The molecule has 1 N–H and O–H groups in total. The van der Waals surface area contributed by atoms with Gasteiger partial charge >= 0.3 is 0 Å². The number of nitrogens with one attached hydrogen (secondary N) is 1. The summed E-state index contributed by atoms with van der Waals surface area (Å²) in [6, 6.07) is 0. The SMILES string of the molecule is C=C(C)CCOC1CNCCC1C. The summed E-state index contributed by atoms with van der Waals surface area (Å²) in [5.41, 5.74) is 1.21. The second-order valence-electron chi connectivity index (χ2n) is 4.09. The molecule has 0 saturated carbocycles. The van der Waals surface area contributed by atoms with Crippen molar-refractivity contribution in [2.24, 2.45) is 5.92 Å². The summed E-state index contributed by atoms with van der Waals surface area (Å²) in [5.74, 6) is 0.700. The molecule has 2 nitrogen and oxygen atoms in total. The Morgan fingerprint density at radius 3 is 3.00 bits per heavy atom. The Morgan fingerprint density at radius 1 is 1.62 bits per heavy atom. The van der Waals surface area contributed by atoms with Gasteiger partial charge in [0.15, 0.2) is 0 Å². The lowest BCUT2D eigenvalue weighted by atomic mass is 9.97. The van der Waals surface area contributed by atoms with Crippen LogP contribution in [-0.4, -0.2) is 25.8 Å². The van der Waals surface area contributed by atoms with E-state index in [9.17, 15) is 0 Å². The van der Waals surface area contributed by atoms with E-state index in [0.29, 0.717) is 12.0 Å². The van der Waals surface area contributed by atoms with E-state index in [4.69, 9.17) is 4.74 Å². The molecular weight excluding hydrogens is 162 g/mol. The van der Waals surface area contributed by atoms with E-state index in [1.165, 1.54) is 12.0 Å². The van der Waals surface area contributed by atoms with E-state index in [0.717, 1.165) is 26.1 Å². The van der Waals surface area contributed by atoms with Gasteiger partial charge in [0.2, 0.25) is 0 Å². The van der Waals surface area contributed by atoms with Crippen molar-refractivity contribution in [3.05, 3.63) is 12.2 Å². The van der Waals surface area contributed by atoms with E-state index in [-0.39, 0.29) is 0 Å². The fourth-order valence-electron chi connectivity index (χ4n) is 1.57. The van der Waals surface area contributed by atoms with Crippen LogP contribution < -0.4 is 5.32 Å².